The van der Waals surface area contributed by atoms with Crippen LogP contribution in [0.25, 0.3) is 0 Å². The Labute approximate surface area is 117 Å². The van der Waals surface area contributed by atoms with Crippen LogP contribution in [0.4, 0.5) is 17.1 Å². The summed E-state index contributed by atoms with van der Waals surface area (Å²) in [6, 6.07) is 13.0. The van der Waals surface area contributed by atoms with Gasteiger partial charge >= 0.3 is 5.97 Å². The lowest BCUT2D eigenvalue weighted by Crippen LogP contribution is -2.09. The predicted octanol–water partition coefficient (Wildman–Crippen LogP) is 2.25. The van der Waals surface area contributed by atoms with Crippen LogP contribution in [-0.2, 0) is 11.3 Å². The number of nitrogens with two attached hydrogens (primary N) is 2. The molecule has 0 saturated carbocycles. The summed E-state index contributed by atoms with van der Waals surface area (Å²) in [5.74, 6) is -0.460. The molecular formula is C15H17N3O2. The van der Waals surface area contributed by atoms with Gasteiger partial charge in [-0.05, 0) is 17.7 Å². The van der Waals surface area contributed by atoms with Gasteiger partial charge in [0.25, 0.3) is 0 Å². The van der Waals surface area contributed by atoms with Gasteiger partial charge in [0.1, 0.15) is 0 Å². The maximum absolute atomic E-state index is 11.5. The quantitative estimate of drug-likeness (QED) is 0.586. The van der Waals surface area contributed by atoms with E-state index in [0.717, 1.165) is 5.56 Å². The summed E-state index contributed by atoms with van der Waals surface area (Å²) >= 11 is 0. The average molecular weight is 271 g/mol. The van der Waals surface area contributed by atoms with Crippen LogP contribution in [0, 0.1) is 0 Å². The number of rotatable bonds is 4. The molecule has 0 bridgehead atoms. The first-order chi connectivity index (χ1) is 9.61. The summed E-state index contributed by atoms with van der Waals surface area (Å²) in [5.41, 5.74) is 14.8. The number of ether oxygens (including phenoxy) is 1. The smallest absolute Gasteiger partial charge is 0.338 e. The van der Waals surface area contributed by atoms with Gasteiger partial charge in [-0.25, -0.2) is 4.79 Å². The zero-order valence-electron chi connectivity index (χ0n) is 11.2. The number of methoxy groups -OCH3 is 1. The summed E-state index contributed by atoms with van der Waals surface area (Å²) in [6.07, 6.45) is 0. The second-order valence-electron chi connectivity index (χ2n) is 4.36. The van der Waals surface area contributed by atoms with Crippen LogP contribution in [-0.4, -0.2) is 13.1 Å². The van der Waals surface area contributed by atoms with Crippen LogP contribution >= 0.6 is 0 Å². The first kappa shape index (κ1) is 13.7. The lowest BCUT2D eigenvalue weighted by Gasteiger charge is -2.13. The largest absolute Gasteiger partial charge is 0.465 e. The fourth-order valence-electron chi connectivity index (χ4n) is 1.91. The summed E-state index contributed by atoms with van der Waals surface area (Å²) in [6.45, 7) is 0.604. The Balaban J connectivity index is 2.18. The Morgan fingerprint density at radius 1 is 1.15 bits per heavy atom. The molecule has 0 aliphatic carbocycles. The van der Waals surface area contributed by atoms with Gasteiger partial charge in [0.15, 0.2) is 0 Å². The van der Waals surface area contributed by atoms with E-state index in [1.54, 1.807) is 12.1 Å². The number of hydrogen-bond acceptors (Lipinski definition) is 5. The summed E-state index contributed by atoms with van der Waals surface area (Å²) in [5, 5.41) is 3.18. The van der Waals surface area contributed by atoms with Crippen LogP contribution in [0.5, 0.6) is 0 Å². The molecule has 0 saturated heterocycles. The molecule has 0 radical (unpaired) electrons. The van der Waals surface area contributed by atoms with Crippen LogP contribution < -0.4 is 16.8 Å². The van der Waals surface area contributed by atoms with E-state index in [0.29, 0.717) is 29.2 Å². The van der Waals surface area contributed by atoms with Crippen molar-refractivity contribution in [2.45, 2.75) is 6.54 Å². The van der Waals surface area contributed by atoms with Gasteiger partial charge < -0.3 is 21.5 Å². The van der Waals surface area contributed by atoms with Crippen LogP contribution in [0.15, 0.2) is 42.5 Å². The molecule has 0 fully saturated rings. The summed E-state index contributed by atoms with van der Waals surface area (Å²) in [7, 11) is 1.32. The van der Waals surface area contributed by atoms with E-state index in [4.69, 9.17) is 11.5 Å². The normalized spacial score (nSPS) is 10.1. The highest BCUT2D eigenvalue weighted by Gasteiger charge is 2.11. The molecule has 20 heavy (non-hydrogen) atoms. The zero-order chi connectivity index (χ0) is 14.5. The monoisotopic (exact) mass is 271 g/mol. The topological polar surface area (TPSA) is 90.4 Å². The van der Waals surface area contributed by atoms with Gasteiger partial charge in [-0.1, -0.05) is 30.3 Å². The fourth-order valence-corrected chi connectivity index (χ4v) is 1.91. The SMILES string of the molecule is COC(=O)c1cc(N)c(NCc2ccccc2)c(N)c1. The Bertz CT molecular complexity index is 589. The summed E-state index contributed by atoms with van der Waals surface area (Å²) in [4.78, 5) is 11.5. The standard InChI is InChI=1S/C15H17N3O2/c1-20-15(19)11-7-12(16)14(13(17)8-11)18-9-10-5-3-2-4-6-10/h2-8,18H,9,16-17H2,1H3. The number of benzene rings is 2. The molecule has 2 aromatic rings. The molecule has 0 unspecified atom stereocenters. The predicted molar refractivity (Wildman–Crippen MR) is 80.4 cm³/mol. The molecule has 5 N–H and O–H groups in total. The van der Waals surface area contributed by atoms with E-state index in [2.05, 4.69) is 10.1 Å². The van der Waals surface area contributed by atoms with Crippen LogP contribution in [0.3, 0.4) is 0 Å². The minimum absolute atomic E-state index is 0.341. The molecule has 2 aromatic carbocycles. The van der Waals surface area contributed by atoms with Crippen molar-refractivity contribution in [2.75, 3.05) is 23.9 Å². The molecular weight excluding hydrogens is 254 g/mol. The maximum Gasteiger partial charge on any atom is 0.338 e. The number of hydrogen-bond donors (Lipinski definition) is 3. The molecule has 0 aliphatic heterocycles. The van der Waals surface area contributed by atoms with E-state index >= 15 is 0 Å². The second kappa shape index (κ2) is 5.97. The third-order valence-electron chi connectivity index (χ3n) is 2.93. The molecule has 0 heterocycles. The Morgan fingerprint density at radius 3 is 2.30 bits per heavy atom. The highest BCUT2D eigenvalue weighted by atomic mass is 16.5. The maximum atomic E-state index is 11.5. The number of nitrogens with one attached hydrogen (secondary N) is 1. The van der Waals surface area contributed by atoms with Crippen molar-refractivity contribution < 1.29 is 9.53 Å². The van der Waals surface area contributed by atoms with Crippen molar-refractivity contribution in [1.82, 2.24) is 0 Å². The third kappa shape index (κ3) is 3.00. The number of anilines is 3. The molecule has 0 atom stereocenters. The van der Waals surface area contributed by atoms with Crippen molar-refractivity contribution >= 4 is 23.0 Å². The minimum Gasteiger partial charge on any atom is -0.465 e. The Hall–Kier alpha value is -2.69. The number of nitrogen functional groups attached to an aromatic ring is 2. The average Bonchev–Trinajstić information content (AvgIpc) is 2.46. The molecule has 104 valence electrons. The highest BCUT2D eigenvalue weighted by molar-refractivity contribution is 5.95. The number of carbonyl (C=O) groups is 1. The lowest BCUT2D eigenvalue weighted by molar-refractivity contribution is 0.0601. The lowest BCUT2D eigenvalue weighted by atomic mass is 10.1. The third-order valence-corrected chi connectivity index (χ3v) is 2.93. The first-order valence-corrected chi connectivity index (χ1v) is 6.17. The first-order valence-electron chi connectivity index (χ1n) is 6.17. The number of carbonyl (C=O) groups excluding carboxylic acids is 1. The molecule has 5 nitrogen and oxygen atoms in total. The van der Waals surface area contributed by atoms with Crippen LogP contribution in [0.2, 0.25) is 0 Å². The molecule has 0 aromatic heterocycles. The minimum atomic E-state index is -0.460. The van der Waals surface area contributed by atoms with Crippen molar-refractivity contribution in [3.05, 3.63) is 53.6 Å². The fraction of sp³-hybridized carbons (Fsp3) is 0.133. The molecule has 0 spiro atoms. The van der Waals surface area contributed by atoms with Crippen molar-refractivity contribution in [1.29, 1.82) is 0 Å². The van der Waals surface area contributed by atoms with Gasteiger partial charge in [0, 0.05) is 6.54 Å². The molecule has 0 aliphatic rings. The van der Waals surface area contributed by atoms with Crippen molar-refractivity contribution in [3.63, 3.8) is 0 Å². The van der Waals surface area contributed by atoms with Gasteiger partial charge in [0.05, 0.1) is 29.7 Å². The van der Waals surface area contributed by atoms with Gasteiger partial charge in [0.2, 0.25) is 0 Å². The Morgan fingerprint density at radius 2 is 1.75 bits per heavy atom. The van der Waals surface area contributed by atoms with Crippen molar-refractivity contribution in [2.24, 2.45) is 0 Å². The van der Waals surface area contributed by atoms with Crippen molar-refractivity contribution in [3.8, 4) is 0 Å². The van der Waals surface area contributed by atoms with E-state index in [1.807, 2.05) is 30.3 Å². The summed E-state index contributed by atoms with van der Waals surface area (Å²) < 4.78 is 4.64. The zero-order valence-corrected chi connectivity index (χ0v) is 11.2. The Kier molecular flexibility index (Phi) is 4.10. The second-order valence-corrected chi connectivity index (χ2v) is 4.36. The number of esters is 1. The molecule has 0 amide bonds. The molecule has 5 heteroatoms. The highest BCUT2D eigenvalue weighted by Crippen LogP contribution is 2.28. The van der Waals surface area contributed by atoms with E-state index < -0.39 is 5.97 Å². The van der Waals surface area contributed by atoms with Gasteiger partial charge in [-0.15, -0.1) is 0 Å². The van der Waals surface area contributed by atoms with E-state index in [9.17, 15) is 4.79 Å². The van der Waals surface area contributed by atoms with E-state index in [-0.39, 0.29) is 0 Å². The molecule has 2 rings (SSSR count). The van der Waals surface area contributed by atoms with Gasteiger partial charge in [-0.3, -0.25) is 0 Å². The van der Waals surface area contributed by atoms with Gasteiger partial charge in [-0.2, -0.15) is 0 Å². The van der Waals surface area contributed by atoms with E-state index in [1.165, 1.54) is 7.11 Å². The van der Waals surface area contributed by atoms with Crippen LogP contribution in [0.1, 0.15) is 15.9 Å².